The zero-order valence-corrected chi connectivity index (χ0v) is 18.4. The van der Waals surface area contributed by atoms with E-state index in [-0.39, 0.29) is 0 Å². The van der Waals surface area contributed by atoms with Crippen LogP contribution in [0.5, 0.6) is 5.75 Å². The Labute approximate surface area is 182 Å². The Bertz CT molecular complexity index is 1170. The zero-order valence-electron chi connectivity index (χ0n) is 17.6. The van der Waals surface area contributed by atoms with Crippen LogP contribution in [0.3, 0.4) is 0 Å². The molecule has 0 aliphatic heterocycles. The van der Waals surface area contributed by atoms with Crippen LogP contribution in [0.2, 0.25) is 0 Å². The van der Waals surface area contributed by atoms with E-state index in [4.69, 9.17) is 9.73 Å². The van der Waals surface area contributed by atoms with Gasteiger partial charge in [0.05, 0.1) is 18.5 Å². The van der Waals surface area contributed by atoms with Crippen molar-refractivity contribution < 1.29 is 4.74 Å². The number of methoxy groups -OCH3 is 1. The highest BCUT2D eigenvalue weighted by molar-refractivity contribution is 7.09. The lowest BCUT2D eigenvalue weighted by Gasteiger charge is -2.11. The maximum Gasteiger partial charge on any atom is 0.190 e. The van der Waals surface area contributed by atoms with E-state index in [9.17, 15) is 0 Å². The van der Waals surface area contributed by atoms with Crippen molar-refractivity contribution in [1.82, 2.24) is 4.57 Å². The molecule has 30 heavy (non-hydrogen) atoms. The fraction of sp³-hybridized carbons (Fsp3) is 0.192. The molecule has 0 N–H and O–H groups in total. The molecule has 0 saturated heterocycles. The first-order valence-electron chi connectivity index (χ1n) is 10.1. The van der Waals surface area contributed by atoms with E-state index in [1.807, 2.05) is 12.1 Å². The van der Waals surface area contributed by atoms with Gasteiger partial charge in [-0.1, -0.05) is 48.0 Å². The van der Waals surface area contributed by atoms with E-state index in [0.717, 1.165) is 29.2 Å². The molecule has 0 aliphatic carbocycles. The van der Waals surface area contributed by atoms with Crippen LogP contribution in [0, 0.1) is 13.8 Å². The Hall–Kier alpha value is -3.11. The number of hydrogen-bond donors (Lipinski definition) is 0. The second-order valence-corrected chi connectivity index (χ2v) is 8.53. The molecule has 0 amide bonds. The summed E-state index contributed by atoms with van der Waals surface area (Å²) in [6.45, 7) is 5.15. The first-order chi connectivity index (χ1) is 14.6. The third kappa shape index (κ3) is 4.55. The predicted octanol–water partition coefficient (Wildman–Crippen LogP) is 6.32. The third-order valence-corrected chi connectivity index (χ3v) is 6.16. The Kier molecular flexibility index (Phi) is 6.15. The van der Waals surface area contributed by atoms with Gasteiger partial charge in [-0.2, -0.15) is 0 Å². The lowest BCUT2D eigenvalue weighted by Crippen LogP contribution is -2.17. The second-order valence-electron chi connectivity index (χ2n) is 7.35. The first kappa shape index (κ1) is 20.2. The van der Waals surface area contributed by atoms with Gasteiger partial charge >= 0.3 is 0 Å². The second kappa shape index (κ2) is 9.14. The number of nitrogens with zero attached hydrogens (tertiary/aromatic N) is 2. The molecule has 3 nitrogen and oxygen atoms in total. The molecular formula is C26H26N2OS. The number of rotatable bonds is 6. The highest BCUT2D eigenvalue weighted by Gasteiger charge is 2.13. The summed E-state index contributed by atoms with van der Waals surface area (Å²) in [5, 5.41) is 0. The summed E-state index contributed by atoms with van der Waals surface area (Å²) in [4.78, 5) is 7.28. The number of hydrogen-bond acceptors (Lipinski definition) is 3. The normalized spacial score (nSPS) is 11.6. The maximum atomic E-state index is 5.34. The molecule has 0 unspecified atom stereocenters. The molecular weight excluding hydrogens is 388 g/mol. The van der Waals surface area contributed by atoms with Crippen LogP contribution in [0.25, 0.3) is 11.3 Å². The maximum absolute atomic E-state index is 5.34. The van der Waals surface area contributed by atoms with Crippen molar-refractivity contribution in [1.29, 1.82) is 0 Å². The van der Waals surface area contributed by atoms with Gasteiger partial charge in [-0.15, -0.1) is 11.3 Å². The topological polar surface area (TPSA) is 26.5 Å². The predicted molar refractivity (Wildman–Crippen MR) is 126 cm³/mol. The number of aromatic nitrogens is 1. The van der Waals surface area contributed by atoms with Gasteiger partial charge in [0.25, 0.3) is 0 Å². The summed E-state index contributed by atoms with van der Waals surface area (Å²) >= 11 is 1.74. The monoisotopic (exact) mass is 414 g/mol. The summed E-state index contributed by atoms with van der Waals surface area (Å²) in [6.07, 6.45) is 0.960. The number of ether oxygens (including phenoxy) is 1. The van der Waals surface area contributed by atoms with Gasteiger partial charge in [-0.25, -0.2) is 4.99 Å². The molecule has 0 fully saturated rings. The van der Waals surface area contributed by atoms with Crippen molar-refractivity contribution in [3.8, 4) is 17.0 Å². The third-order valence-electron chi connectivity index (χ3n) is 5.17. The molecule has 4 heteroatoms. The molecule has 0 radical (unpaired) electrons. The van der Waals surface area contributed by atoms with Crippen LogP contribution in [0.4, 0.5) is 5.69 Å². The first-order valence-corrected chi connectivity index (χ1v) is 11.0. The van der Waals surface area contributed by atoms with Crippen LogP contribution in [-0.2, 0) is 13.0 Å². The van der Waals surface area contributed by atoms with Crippen LogP contribution in [-0.4, -0.2) is 11.7 Å². The van der Waals surface area contributed by atoms with Crippen molar-refractivity contribution in [2.24, 2.45) is 4.99 Å². The molecule has 1 aromatic heterocycles. The van der Waals surface area contributed by atoms with Gasteiger partial charge < -0.3 is 9.30 Å². The quantitative estimate of drug-likeness (QED) is 0.363. The van der Waals surface area contributed by atoms with Gasteiger partial charge in [0, 0.05) is 11.4 Å². The Morgan fingerprint density at radius 1 is 0.867 bits per heavy atom. The number of aryl methyl sites for hydroxylation is 3. The van der Waals surface area contributed by atoms with Crippen LogP contribution < -0.4 is 9.54 Å². The van der Waals surface area contributed by atoms with Gasteiger partial charge in [0.15, 0.2) is 4.80 Å². The van der Waals surface area contributed by atoms with E-state index in [0.29, 0.717) is 0 Å². The van der Waals surface area contributed by atoms with Gasteiger partial charge in [-0.3, -0.25) is 0 Å². The molecule has 0 aliphatic rings. The number of thiazole rings is 1. The Morgan fingerprint density at radius 2 is 1.57 bits per heavy atom. The van der Waals surface area contributed by atoms with Crippen molar-refractivity contribution >= 4 is 17.0 Å². The summed E-state index contributed by atoms with van der Waals surface area (Å²) < 4.78 is 7.70. The van der Waals surface area contributed by atoms with Gasteiger partial charge in [0.1, 0.15) is 5.75 Å². The van der Waals surface area contributed by atoms with Crippen LogP contribution >= 0.6 is 11.3 Å². The Balaban J connectivity index is 1.79. The molecule has 0 saturated carbocycles. The number of benzene rings is 3. The standard InChI is InChI=1S/C26H26N2OS/c1-19-9-13-23(14-10-19)27-26-28(18-17-21-7-5-4-6-8-21)25(20(2)30-26)22-11-15-24(29-3)16-12-22/h4-16H,17-18H2,1-3H3. The van der Waals surface area contributed by atoms with E-state index in [1.165, 1.54) is 27.3 Å². The molecule has 1 heterocycles. The molecule has 0 spiro atoms. The van der Waals surface area contributed by atoms with E-state index in [1.54, 1.807) is 18.4 Å². The van der Waals surface area contributed by atoms with Gasteiger partial charge in [0.2, 0.25) is 0 Å². The molecule has 152 valence electrons. The molecule has 3 aromatic carbocycles. The summed E-state index contributed by atoms with van der Waals surface area (Å²) in [6, 6.07) is 27.3. The highest BCUT2D eigenvalue weighted by Crippen LogP contribution is 2.28. The molecule has 0 atom stereocenters. The Morgan fingerprint density at radius 3 is 2.23 bits per heavy atom. The summed E-state index contributed by atoms with van der Waals surface area (Å²) in [5.74, 6) is 0.868. The molecule has 0 bridgehead atoms. The van der Waals surface area contributed by atoms with Crippen molar-refractivity contribution in [2.45, 2.75) is 26.8 Å². The van der Waals surface area contributed by atoms with E-state index in [2.05, 4.69) is 85.1 Å². The average Bonchev–Trinajstić information content (AvgIpc) is 3.09. The van der Waals surface area contributed by atoms with Gasteiger partial charge in [-0.05, 0) is 67.8 Å². The summed E-state index contributed by atoms with van der Waals surface area (Å²) in [7, 11) is 1.70. The van der Waals surface area contributed by atoms with Crippen molar-refractivity contribution in [3.05, 3.63) is 99.7 Å². The largest absolute Gasteiger partial charge is 0.497 e. The fourth-order valence-electron chi connectivity index (χ4n) is 3.54. The zero-order chi connectivity index (χ0) is 20.9. The van der Waals surface area contributed by atoms with Crippen LogP contribution in [0.15, 0.2) is 83.9 Å². The SMILES string of the molecule is COc1ccc(-c2c(C)sc(=Nc3ccc(C)cc3)n2CCc2ccccc2)cc1. The summed E-state index contributed by atoms with van der Waals surface area (Å²) in [5.41, 5.74) is 5.96. The minimum Gasteiger partial charge on any atom is -0.497 e. The van der Waals surface area contributed by atoms with E-state index >= 15 is 0 Å². The van der Waals surface area contributed by atoms with Crippen LogP contribution in [0.1, 0.15) is 16.0 Å². The molecule has 4 rings (SSSR count). The smallest absolute Gasteiger partial charge is 0.190 e. The van der Waals surface area contributed by atoms with Crippen molar-refractivity contribution in [2.75, 3.05) is 7.11 Å². The highest BCUT2D eigenvalue weighted by atomic mass is 32.1. The fourth-order valence-corrected chi connectivity index (χ4v) is 4.58. The lowest BCUT2D eigenvalue weighted by atomic mass is 10.1. The van der Waals surface area contributed by atoms with E-state index < -0.39 is 0 Å². The average molecular weight is 415 g/mol. The minimum atomic E-state index is 0.868. The minimum absolute atomic E-state index is 0.868. The lowest BCUT2D eigenvalue weighted by molar-refractivity contribution is 0.415. The van der Waals surface area contributed by atoms with Crippen molar-refractivity contribution in [3.63, 3.8) is 0 Å². The molecule has 4 aromatic rings.